The van der Waals surface area contributed by atoms with Crippen molar-refractivity contribution in [1.82, 2.24) is 9.59 Å². The van der Waals surface area contributed by atoms with E-state index in [0.29, 0.717) is 10.6 Å². The van der Waals surface area contributed by atoms with Gasteiger partial charge in [0, 0.05) is 11.5 Å². The van der Waals surface area contributed by atoms with Gasteiger partial charge in [-0.3, -0.25) is 5.43 Å². The van der Waals surface area contributed by atoms with Crippen molar-refractivity contribution in [3.8, 4) is 5.75 Å². The van der Waals surface area contributed by atoms with Gasteiger partial charge in [-0.05, 0) is 24.6 Å². The number of nitrogens with zero attached hydrogens (tertiary/aromatic N) is 3. The fourth-order valence-electron chi connectivity index (χ4n) is 1.37. The molecule has 104 valence electrons. The van der Waals surface area contributed by atoms with Crippen LogP contribution in [0.25, 0.3) is 0 Å². The number of aromatic hydroxyl groups is 1. The summed E-state index contributed by atoms with van der Waals surface area (Å²) in [5.41, 5.74) is 3.50. The van der Waals surface area contributed by atoms with Gasteiger partial charge in [0.1, 0.15) is 5.75 Å². The molecule has 1 heterocycles. The van der Waals surface area contributed by atoms with E-state index in [1.165, 1.54) is 6.21 Å². The standard InChI is InChI=1S/C12H12N4O3S/c1-2-19-12(18)10-11(20-16-14-10)15-13-7-8-4-3-5-9(17)6-8/h3-7,15,17H,2H2,1H3/b13-7-. The molecule has 0 saturated heterocycles. The first-order chi connectivity index (χ1) is 9.70. The Morgan fingerprint density at radius 2 is 2.45 bits per heavy atom. The van der Waals surface area contributed by atoms with Crippen LogP contribution < -0.4 is 5.43 Å². The molecule has 20 heavy (non-hydrogen) atoms. The average molecular weight is 292 g/mol. The van der Waals surface area contributed by atoms with E-state index in [9.17, 15) is 9.90 Å². The fraction of sp³-hybridized carbons (Fsp3) is 0.167. The number of phenolic OH excluding ortho intramolecular Hbond substituents is 1. The second kappa shape index (κ2) is 6.62. The molecule has 1 aromatic heterocycles. The first-order valence-corrected chi connectivity index (χ1v) is 6.55. The van der Waals surface area contributed by atoms with Crippen LogP contribution in [0.3, 0.4) is 0 Å². The summed E-state index contributed by atoms with van der Waals surface area (Å²) in [7, 11) is 0. The van der Waals surface area contributed by atoms with Crippen molar-refractivity contribution in [2.45, 2.75) is 6.92 Å². The van der Waals surface area contributed by atoms with Gasteiger partial charge >= 0.3 is 5.97 Å². The summed E-state index contributed by atoms with van der Waals surface area (Å²) in [6, 6.07) is 6.61. The minimum Gasteiger partial charge on any atom is -0.508 e. The Labute approximate surface area is 119 Å². The predicted molar refractivity (Wildman–Crippen MR) is 75.2 cm³/mol. The van der Waals surface area contributed by atoms with E-state index in [4.69, 9.17) is 4.74 Å². The Hall–Kier alpha value is -2.48. The van der Waals surface area contributed by atoms with Crippen molar-refractivity contribution in [2.24, 2.45) is 5.10 Å². The van der Waals surface area contributed by atoms with Gasteiger partial charge in [-0.15, -0.1) is 5.10 Å². The zero-order valence-electron chi connectivity index (χ0n) is 10.6. The van der Waals surface area contributed by atoms with Gasteiger partial charge < -0.3 is 9.84 Å². The maximum Gasteiger partial charge on any atom is 0.362 e. The third-order valence-electron chi connectivity index (χ3n) is 2.21. The van der Waals surface area contributed by atoms with Gasteiger partial charge in [0.2, 0.25) is 5.69 Å². The van der Waals surface area contributed by atoms with Crippen LogP contribution in [0.15, 0.2) is 29.4 Å². The predicted octanol–water partition coefficient (Wildman–Crippen LogP) is 1.87. The molecule has 0 atom stereocenters. The first kappa shape index (κ1) is 13.9. The number of phenols is 1. The van der Waals surface area contributed by atoms with E-state index in [-0.39, 0.29) is 18.1 Å². The van der Waals surface area contributed by atoms with E-state index < -0.39 is 5.97 Å². The summed E-state index contributed by atoms with van der Waals surface area (Å²) in [5.74, 6) is -0.392. The SMILES string of the molecule is CCOC(=O)c1nnsc1N/N=C\c1cccc(O)c1. The number of hydrogen-bond acceptors (Lipinski definition) is 8. The molecule has 1 aromatic carbocycles. The molecule has 0 bridgehead atoms. The number of anilines is 1. The van der Waals surface area contributed by atoms with E-state index in [0.717, 1.165) is 11.5 Å². The van der Waals surface area contributed by atoms with Crippen LogP contribution in [0, 0.1) is 0 Å². The Bertz CT molecular complexity index is 627. The molecule has 8 heteroatoms. The van der Waals surface area contributed by atoms with Gasteiger partial charge in [-0.2, -0.15) is 5.10 Å². The van der Waals surface area contributed by atoms with Crippen molar-refractivity contribution in [3.05, 3.63) is 35.5 Å². The second-order valence-electron chi connectivity index (χ2n) is 3.64. The Balaban J connectivity index is 2.04. The minimum absolute atomic E-state index is 0.102. The van der Waals surface area contributed by atoms with E-state index in [1.807, 2.05) is 0 Å². The monoisotopic (exact) mass is 292 g/mol. The van der Waals surface area contributed by atoms with Gasteiger partial charge in [0.25, 0.3) is 0 Å². The average Bonchev–Trinajstić information content (AvgIpc) is 2.87. The smallest absolute Gasteiger partial charge is 0.362 e. The van der Waals surface area contributed by atoms with Crippen molar-refractivity contribution >= 4 is 28.7 Å². The zero-order chi connectivity index (χ0) is 14.4. The number of ether oxygens (including phenoxy) is 1. The third-order valence-corrected chi connectivity index (χ3v) is 2.84. The molecule has 2 aromatic rings. The molecule has 0 spiro atoms. The highest BCUT2D eigenvalue weighted by Crippen LogP contribution is 2.18. The Kier molecular flexibility index (Phi) is 4.61. The molecule has 0 aliphatic rings. The summed E-state index contributed by atoms with van der Waals surface area (Å²) in [6.45, 7) is 1.98. The first-order valence-electron chi connectivity index (χ1n) is 5.78. The number of esters is 1. The maximum absolute atomic E-state index is 11.6. The van der Waals surface area contributed by atoms with Crippen molar-refractivity contribution in [1.29, 1.82) is 0 Å². The maximum atomic E-state index is 11.6. The number of hydrogen-bond donors (Lipinski definition) is 2. The summed E-state index contributed by atoms with van der Waals surface area (Å²) in [5, 5.41) is 17.4. The van der Waals surface area contributed by atoms with Crippen LogP contribution in [0.4, 0.5) is 5.00 Å². The molecule has 0 aliphatic heterocycles. The zero-order valence-corrected chi connectivity index (χ0v) is 11.4. The number of carbonyl (C=O) groups excluding carboxylic acids is 1. The number of carbonyl (C=O) groups is 1. The van der Waals surface area contributed by atoms with Crippen LogP contribution in [0.5, 0.6) is 5.75 Å². The lowest BCUT2D eigenvalue weighted by molar-refractivity contribution is 0.0520. The van der Waals surface area contributed by atoms with Crippen LogP contribution in [-0.2, 0) is 4.74 Å². The number of hydrazone groups is 1. The molecule has 0 unspecified atom stereocenters. The van der Waals surface area contributed by atoms with Crippen LogP contribution in [0.1, 0.15) is 23.0 Å². The second-order valence-corrected chi connectivity index (χ2v) is 4.39. The number of aromatic nitrogens is 2. The van der Waals surface area contributed by atoms with E-state index in [1.54, 1.807) is 31.2 Å². The van der Waals surface area contributed by atoms with Gasteiger partial charge in [0.05, 0.1) is 12.8 Å². The fourth-order valence-corrected chi connectivity index (χ4v) is 1.88. The normalized spacial score (nSPS) is 10.7. The van der Waals surface area contributed by atoms with Crippen molar-refractivity contribution < 1.29 is 14.6 Å². The van der Waals surface area contributed by atoms with Gasteiger partial charge in [0.15, 0.2) is 5.00 Å². The van der Waals surface area contributed by atoms with Crippen LogP contribution >= 0.6 is 11.5 Å². The molecule has 0 amide bonds. The minimum atomic E-state index is -0.545. The lowest BCUT2D eigenvalue weighted by Gasteiger charge is -2.00. The molecule has 0 fully saturated rings. The molecular formula is C12H12N4O3S. The summed E-state index contributed by atoms with van der Waals surface area (Å²) in [4.78, 5) is 11.6. The van der Waals surface area contributed by atoms with Crippen LogP contribution in [0.2, 0.25) is 0 Å². The molecule has 0 aliphatic carbocycles. The van der Waals surface area contributed by atoms with Crippen molar-refractivity contribution in [3.63, 3.8) is 0 Å². The highest BCUT2D eigenvalue weighted by Gasteiger charge is 2.17. The van der Waals surface area contributed by atoms with E-state index >= 15 is 0 Å². The quantitative estimate of drug-likeness (QED) is 0.496. The number of rotatable bonds is 5. The largest absolute Gasteiger partial charge is 0.508 e. The molecule has 0 saturated carbocycles. The lowest BCUT2D eigenvalue weighted by atomic mass is 10.2. The molecule has 0 radical (unpaired) electrons. The summed E-state index contributed by atoms with van der Waals surface area (Å²) in [6.07, 6.45) is 1.51. The topological polar surface area (TPSA) is 96.7 Å². The number of nitrogens with one attached hydrogen (secondary N) is 1. The molecular weight excluding hydrogens is 280 g/mol. The van der Waals surface area contributed by atoms with Crippen LogP contribution in [-0.4, -0.2) is 33.5 Å². The van der Waals surface area contributed by atoms with Crippen molar-refractivity contribution in [2.75, 3.05) is 12.0 Å². The highest BCUT2D eigenvalue weighted by molar-refractivity contribution is 7.10. The van der Waals surface area contributed by atoms with E-state index in [2.05, 4.69) is 20.1 Å². The Morgan fingerprint density at radius 3 is 3.20 bits per heavy atom. The van der Waals surface area contributed by atoms with Gasteiger partial charge in [-0.25, -0.2) is 4.79 Å². The molecule has 2 N–H and O–H groups in total. The highest BCUT2D eigenvalue weighted by atomic mass is 32.1. The third kappa shape index (κ3) is 3.51. The summed E-state index contributed by atoms with van der Waals surface area (Å²) < 4.78 is 8.53. The summed E-state index contributed by atoms with van der Waals surface area (Å²) >= 11 is 1.01. The lowest BCUT2D eigenvalue weighted by Crippen LogP contribution is -2.07. The molecule has 2 rings (SSSR count). The molecule has 7 nitrogen and oxygen atoms in total. The van der Waals surface area contributed by atoms with Gasteiger partial charge in [-0.1, -0.05) is 16.6 Å². The number of benzene rings is 1. The Morgan fingerprint density at radius 1 is 1.60 bits per heavy atom.